The van der Waals surface area contributed by atoms with Gasteiger partial charge in [0.15, 0.2) is 0 Å². The van der Waals surface area contributed by atoms with Gasteiger partial charge >= 0.3 is 0 Å². The highest BCUT2D eigenvalue weighted by Crippen LogP contribution is 2.25. The highest BCUT2D eigenvalue weighted by atomic mass is 32.2. The summed E-state index contributed by atoms with van der Waals surface area (Å²) in [7, 11) is 0. The molecule has 1 atom stereocenters. The van der Waals surface area contributed by atoms with Crippen LogP contribution in [0, 0.1) is 0 Å². The van der Waals surface area contributed by atoms with Crippen LogP contribution < -0.4 is 0 Å². The van der Waals surface area contributed by atoms with Gasteiger partial charge in [-0.25, -0.2) is 9.97 Å². The molecular weight excluding hydrogens is 234 g/mol. The van der Waals surface area contributed by atoms with Crippen LogP contribution in [0.25, 0.3) is 0 Å². The summed E-state index contributed by atoms with van der Waals surface area (Å²) in [4.78, 5) is 13.2. The van der Waals surface area contributed by atoms with Gasteiger partial charge in [0.25, 0.3) is 0 Å². The first-order chi connectivity index (χ1) is 8.29. The third-order valence-corrected chi connectivity index (χ3v) is 3.19. The Bertz CT molecular complexity index is 461. The molecule has 0 spiro atoms. The summed E-state index contributed by atoms with van der Waals surface area (Å²) < 4.78 is 0. The molecular formula is C12H13N3OS. The Morgan fingerprint density at radius 1 is 1.29 bits per heavy atom. The molecule has 0 aliphatic heterocycles. The Morgan fingerprint density at radius 3 is 2.76 bits per heavy atom. The summed E-state index contributed by atoms with van der Waals surface area (Å²) in [5.74, 6) is 0. The fraction of sp³-hybridized carbons (Fsp3) is 0.250. The molecule has 2 rings (SSSR count). The van der Waals surface area contributed by atoms with Crippen LogP contribution in [-0.2, 0) is 0 Å². The molecule has 0 aliphatic carbocycles. The topological polar surface area (TPSA) is 58.9 Å². The minimum Gasteiger partial charge on any atom is -0.387 e. The largest absolute Gasteiger partial charge is 0.387 e. The van der Waals surface area contributed by atoms with Crippen molar-refractivity contribution in [3.05, 3.63) is 42.6 Å². The van der Waals surface area contributed by atoms with Crippen molar-refractivity contribution in [2.45, 2.75) is 29.4 Å². The monoisotopic (exact) mass is 247 g/mol. The number of hydrogen-bond donors (Lipinski definition) is 1. The molecule has 0 radical (unpaired) electrons. The van der Waals surface area contributed by atoms with Crippen molar-refractivity contribution in [3.63, 3.8) is 0 Å². The average molecular weight is 247 g/mol. The number of aromatic nitrogens is 3. The maximum absolute atomic E-state index is 9.62. The summed E-state index contributed by atoms with van der Waals surface area (Å²) in [6.45, 7) is 1.93. The molecule has 0 aromatic carbocycles. The first-order valence-electron chi connectivity index (χ1n) is 5.37. The van der Waals surface area contributed by atoms with Gasteiger partial charge in [0.1, 0.15) is 11.4 Å². The zero-order valence-electron chi connectivity index (χ0n) is 9.45. The molecule has 0 fully saturated rings. The van der Waals surface area contributed by atoms with Crippen LogP contribution in [0.1, 0.15) is 25.1 Å². The van der Waals surface area contributed by atoms with Crippen molar-refractivity contribution in [1.82, 2.24) is 15.0 Å². The zero-order chi connectivity index (χ0) is 12.1. The second-order valence-electron chi connectivity index (χ2n) is 3.49. The molecule has 0 saturated heterocycles. The predicted molar refractivity (Wildman–Crippen MR) is 65.6 cm³/mol. The Balaban J connectivity index is 2.08. The number of aliphatic hydroxyl groups is 1. The normalized spacial score (nSPS) is 12.4. The van der Waals surface area contributed by atoms with Crippen molar-refractivity contribution >= 4 is 11.8 Å². The number of rotatable bonds is 4. The molecule has 0 unspecified atom stereocenters. The molecule has 88 valence electrons. The summed E-state index contributed by atoms with van der Waals surface area (Å²) in [6.07, 6.45) is 5.17. The van der Waals surface area contributed by atoms with Crippen LogP contribution in [0.15, 0.2) is 46.8 Å². The van der Waals surface area contributed by atoms with Gasteiger partial charge in [-0.15, -0.1) is 0 Å². The molecule has 2 aromatic heterocycles. The van der Waals surface area contributed by atoms with Crippen LogP contribution in [0.5, 0.6) is 0 Å². The molecule has 0 aliphatic rings. The Kier molecular flexibility index (Phi) is 4.06. The highest BCUT2D eigenvalue weighted by molar-refractivity contribution is 7.99. The van der Waals surface area contributed by atoms with Gasteiger partial charge in [-0.3, -0.25) is 4.98 Å². The molecule has 0 saturated carbocycles. The van der Waals surface area contributed by atoms with Gasteiger partial charge < -0.3 is 5.11 Å². The van der Waals surface area contributed by atoms with Crippen LogP contribution in [0.3, 0.4) is 0 Å². The lowest BCUT2D eigenvalue weighted by atomic mass is 10.2. The third-order valence-electron chi connectivity index (χ3n) is 2.26. The van der Waals surface area contributed by atoms with Crippen LogP contribution in [0.4, 0.5) is 0 Å². The average Bonchev–Trinajstić information content (AvgIpc) is 2.40. The molecule has 2 heterocycles. The van der Waals surface area contributed by atoms with Gasteiger partial charge in [-0.05, 0) is 24.6 Å². The van der Waals surface area contributed by atoms with Crippen LogP contribution >= 0.6 is 11.8 Å². The van der Waals surface area contributed by atoms with Crippen molar-refractivity contribution in [2.75, 3.05) is 0 Å². The Labute approximate surface area is 104 Å². The van der Waals surface area contributed by atoms with Gasteiger partial charge in [0.2, 0.25) is 0 Å². The maximum Gasteiger partial charge on any atom is 0.116 e. The summed E-state index contributed by atoms with van der Waals surface area (Å²) in [6, 6.07) is 5.63. The van der Waals surface area contributed by atoms with E-state index < -0.39 is 6.10 Å². The number of pyridine rings is 1. The molecule has 17 heavy (non-hydrogen) atoms. The standard InChI is InChI=1S/C12H13N3OS/c1-2-11(16)10-4-3-9(7-14-10)17-12-5-6-13-8-15-12/h3-8,11,16H,2H2,1H3/t11-/m0/s1. The van der Waals surface area contributed by atoms with Gasteiger partial charge in [0, 0.05) is 17.3 Å². The first-order valence-corrected chi connectivity index (χ1v) is 6.19. The quantitative estimate of drug-likeness (QED) is 0.841. The van der Waals surface area contributed by atoms with E-state index in [1.807, 2.05) is 25.1 Å². The van der Waals surface area contributed by atoms with E-state index in [9.17, 15) is 5.11 Å². The Morgan fingerprint density at radius 2 is 2.18 bits per heavy atom. The lowest BCUT2D eigenvalue weighted by Gasteiger charge is -2.07. The molecule has 4 nitrogen and oxygen atoms in total. The molecule has 1 N–H and O–H groups in total. The molecule has 5 heteroatoms. The van der Waals surface area contributed by atoms with Crippen molar-refractivity contribution in [1.29, 1.82) is 0 Å². The van der Waals surface area contributed by atoms with Gasteiger partial charge in [0.05, 0.1) is 11.8 Å². The smallest absolute Gasteiger partial charge is 0.116 e. The number of nitrogens with zero attached hydrogens (tertiary/aromatic N) is 3. The van der Waals surface area contributed by atoms with Gasteiger partial charge in [-0.1, -0.05) is 18.7 Å². The number of hydrogen-bond acceptors (Lipinski definition) is 5. The maximum atomic E-state index is 9.62. The van der Waals surface area contributed by atoms with E-state index in [4.69, 9.17) is 0 Å². The minimum atomic E-state index is -0.479. The highest BCUT2D eigenvalue weighted by Gasteiger charge is 2.06. The fourth-order valence-corrected chi connectivity index (χ4v) is 2.03. The summed E-state index contributed by atoms with van der Waals surface area (Å²) in [5.41, 5.74) is 0.708. The predicted octanol–water partition coefficient (Wildman–Crippen LogP) is 2.47. The first kappa shape index (κ1) is 12.0. The van der Waals surface area contributed by atoms with Gasteiger partial charge in [-0.2, -0.15) is 0 Å². The fourth-order valence-electron chi connectivity index (χ4n) is 1.32. The molecule has 0 amide bonds. The van der Waals surface area contributed by atoms with Crippen molar-refractivity contribution < 1.29 is 5.11 Å². The molecule has 0 bridgehead atoms. The molecule has 2 aromatic rings. The van der Waals surface area contributed by atoms with E-state index in [1.54, 1.807) is 12.4 Å². The van der Waals surface area contributed by atoms with Crippen LogP contribution in [0.2, 0.25) is 0 Å². The van der Waals surface area contributed by atoms with E-state index in [2.05, 4.69) is 15.0 Å². The van der Waals surface area contributed by atoms with E-state index in [1.165, 1.54) is 18.1 Å². The van der Waals surface area contributed by atoms with E-state index in [0.29, 0.717) is 12.1 Å². The van der Waals surface area contributed by atoms with E-state index in [0.717, 1.165) is 9.92 Å². The van der Waals surface area contributed by atoms with E-state index >= 15 is 0 Å². The van der Waals surface area contributed by atoms with Crippen LogP contribution in [-0.4, -0.2) is 20.1 Å². The SMILES string of the molecule is CC[C@H](O)c1ccc(Sc2ccncn2)cn1. The lowest BCUT2D eigenvalue weighted by Crippen LogP contribution is -1.97. The van der Waals surface area contributed by atoms with Crippen molar-refractivity contribution in [3.8, 4) is 0 Å². The number of aliphatic hydroxyl groups excluding tert-OH is 1. The third kappa shape index (κ3) is 3.25. The summed E-state index contributed by atoms with van der Waals surface area (Å²) in [5, 5.41) is 10.5. The van der Waals surface area contributed by atoms with E-state index in [-0.39, 0.29) is 0 Å². The Hall–Kier alpha value is -1.46. The zero-order valence-corrected chi connectivity index (χ0v) is 10.3. The minimum absolute atomic E-state index is 0.479. The summed E-state index contributed by atoms with van der Waals surface area (Å²) >= 11 is 1.52. The lowest BCUT2D eigenvalue weighted by molar-refractivity contribution is 0.169. The second kappa shape index (κ2) is 5.75. The second-order valence-corrected chi connectivity index (χ2v) is 4.59. The van der Waals surface area contributed by atoms with Crippen molar-refractivity contribution in [2.24, 2.45) is 0 Å².